The minimum atomic E-state index is -0.308. The third-order valence-electron chi connectivity index (χ3n) is 3.48. The van der Waals surface area contributed by atoms with Crippen molar-refractivity contribution in [1.82, 2.24) is 9.80 Å². The molecule has 1 heterocycles. The molecule has 1 aliphatic rings. The molecule has 1 aromatic rings. The van der Waals surface area contributed by atoms with E-state index in [1.54, 1.807) is 16.7 Å². The molecule has 1 fully saturated rings. The van der Waals surface area contributed by atoms with Crippen LogP contribution in [0.1, 0.15) is 13.3 Å². The van der Waals surface area contributed by atoms with Gasteiger partial charge in [0.1, 0.15) is 5.75 Å². The summed E-state index contributed by atoms with van der Waals surface area (Å²) in [6.07, 6.45) is 0.438. The summed E-state index contributed by atoms with van der Waals surface area (Å²) in [7, 11) is 0. The van der Waals surface area contributed by atoms with Crippen LogP contribution >= 0.6 is 0 Å². The molecule has 0 atom stereocenters. The molecule has 1 saturated heterocycles. The molecule has 120 valence electrons. The third kappa shape index (κ3) is 4.65. The number of hydrogen-bond donors (Lipinski definition) is 0. The highest BCUT2D eigenvalue weighted by atomic mass is 16.6. The van der Waals surface area contributed by atoms with Gasteiger partial charge in [0.05, 0.1) is 6.61 Å². The molecule has 2 rings (SSSR count). The second-order valence-corrected chi connectivity index (χ2v) is 5.02. The Morgan fingerprint density at radius 2 is 1.73 bits per heavy atom. The first-order valence-electron chi connectivity index (χ1n) is 7.58. The number of ether oxygens (including phenoxy) is 2. The lowest BCUT2D eigenvalue weighted by molar-refractivity contribution is -0.133. The van der Waals surface area contributed by atoms with E-state index in [1.807, 2.05) is 30.3 Å². The minimum absolute atomic E-state index is 0.0173. The Labute approximate surface area is 130 Å². The van der Waals surface area contributed by atoms with Gasteiger partial charge in [0.2, 0.25) is 0 Å². The summed E-state index contributed by atoms with van der Waals surface area (Å²) in [5.41, 5.74) is 0. The first-order valence-corrected chi connectivity index (χ1v) is 7.58. The van der Waals surface area contributed by atoms with E-state index in [1.165, 1.54) is 0 Å². The lowest BCUT2D eigenvalue weighted by Gasteiger charge is -2.21. The highest BCUT2D eigenvalue weighted by Crippen LogP contribution is 2.10. The van der Waals surface area contributed by atoms with Gasteiger partial charge in [-0.05, 0) is 25.5 Å². The molecule has 6 heteroatoms. The van der Waals surface area contributed by atoms with Crippen molar-refractivity contribution in [2.24, 2.45) is 0 Å². The van der Waals surface area contributed by atoms with Crippen molar-refractivity contribution in [1.29, 1.82) is 0 Å². The first kappa shape index (κ1) is 16.1. The Bertz CT molecular complexity index is 492. The van der Waals surface area contributed by atoms with Crippen molar-refractivity contribution in [3.8, 4) is 5.75 Å². The fourth-order valence-electron chi connectivity index (χ4n) is 2.32. The molecule has 0 N–H and O–H groups in total. The van der Waals surface area contributed by atoms with Crippen molar-refractivity contribution in [2.45, 2.75) is 13.3 Å². The van der Waals surface area contributed by atoms with Gasteiger partial charge in [0, 0.05) is 26.2 Å². The molecule has 0 bridgehead atoms. The molecule has 1 aliphatic heterocycles. The molecule has 0 aromatic heterocycles. The van der Waals surface area contributed by atoms with Gasteiger partial charge in [0.15, 0.2) is 6.61 Å². The quantitative estimate of drug-likeness (QED) is 0.850. The SMILES string of the molecule is CCOC(=O)N1CCCN(C(=O)COc2ccccc2)CC1. The summed E-state index contributed by atoms with van der Waals surface area (Å²) in [5, 5.41) is 0. The summed E-state index contributed by atoms with van der Waals surface area (Å²) in [6.45, 7) is 4.42. The van der Waals surface area contributed by atoms with Gasteiger partial charge in [-0.25, -0.2) is 4.79 Å². The van der Waals surface area contributed by atoms with Crippen LogP contribution in [0.4, 0.5) is 4.79 Å². The minimum Gasteiger partial charge on any atom is -0.484 e. The van der Waals surface area contributed by atoms with E-state index >= 15 is 0 Å². The Hall–Kier alpha value is -2.24. The van der Waals surface area contributed by atoms with E-state index in [0.717, 1.165) is 6.42 Å². The predicted molar refractivity (Wildman–Crippen MR) is 81.7 cm³/mol. The summed E-state index contributed by atoms with van der Waals surface area (Å²) in [5.74, 6) is 0.619. The van der Waals surface area contributed by atoms with Crippen molar-refractivity contribution in [2.75, 3.05) is 39.4 Å². The lowest BCUT2D eigenvalue weighted by atomic mass is 10.3. The molecule has 0 radical (unpaired) electrons. The normalized spacial score (nSPS) is 15.1. The van der Waals surface area contributed by atoms with E-state index in [2.05, 4.69) is 0 Å². The standard InChI is InChI=1S/C16H22N2O4/c1-2-21-16(20)18-10-6-9-17(11-12-18)15(19)13-22-14-7-4-3-5-8-14/h3-5,7-8H,2,6,9-13H2,1H3. The number of benzene rings is 1. The number of rotatable bonds is 4. The summed E-state index contributed by atoms with van der Waals surface area (Å²) < 4.78 is 10.5. The van der Waals surface area contributed by atoms with Gasteiger partial charge in [-0.3, -0.25) is 4.79 Å². The van der Waals surface area contributed by atoms with Gasteiger partial charge < -0.3 is 19.3 Å². The van der Waals surface area contributed by atoms with Gasteiger partial charge >= 0.3 is 6.09 Å². The Kier molecular flexibility index (Phi) is 6.06. The maximum atomic E-state index is 12.2. The zero-order chi connectivity index (χ0) is 15.8. The van der Waals surface area contributed by atoms with E-state index in [9.17, 15) is 9.59 Å². The van der Waals surface area contributed by atoms with Gasteiger partial charge in [-0.1, -0.05) is 18.2 Å². The molecule has 0 aliphatic carbocycles. The highest BCUT2D eigenvalue weighted by Gasteiger charge is 2.22. The number of nitrogens with zero attached hydrogens (tertiary/aromatic N) is 2. The van der Waals surface area contributed by atoms with Crippen LogP contribution in [0, 0.1) is 0 Å². The van der Waals surface area contributed by atoms with E-state index < -0.39 is 0 Å². The smallest absolute Gasteiger partial charge is 0.409 e. The molecule has 0 spiro atoms. The van der Waals surface area contributed by atoms with Crippen LogP contribution in [0.15, 0.2) is 30.3 Å². The van der Waals surface area contributed by atoms with Crippen LogP contribution in [0.2, 0.25) is 0 Å². The fraction of sp³-hybridized carbons (Fsp3) is 0.500. The lowest BCUT2D eigenvalue weighted by Crippen LogP contribution is -2.39. The van der Waals surface area contributed by atoms with Crippen molar-refractivity contribution in [3.05, 3.63) is 30.3 Å². The maximum Gasteiger partial charge on any atom is 0.409 e. The van der Waals surface area contributed by atoms with Crippen molar-refractivity contribution in [3.63, 3.8) is 0 Å². The van der Waals surface area contributed by atoms with Crippen LogP contribution < -0.4 is 4.74 Å². The van der Waals surface area contributed by atoms with Gasteiger partial charge in [-0.2, -0.15) is 0 Å². The Morgan fingerprint density at radius 1 is 1.05 bits per heavy atom. The van der Waals surface area contributed by atoms with Crippen LogP contribution in [0.25, 0.3) is 0 Å². The largest absolute Gasteiger partial charge is 0.484 e. The summed E-state index contributed by atoms with van der Waals surface area (Å²) >= 11 is 0. The average Bonchev–Trinajstić information content (AvgIpc) is 2.80. The van der Waals surface area contributed by atoms with Crippen molar-refractivity contribution < 1.29 is 19.1 Å². The molecule has 6 nitrogen and oxygen atoms in total. The van der Waals surface area contributed by atoms with E-state index in [0.29, 0.717) is 38.5 Å². The first-order chi connectivity index (χ1) is 10.7. The Balaban J connectivity index is 1.80. The molecule has 2 amide bonds. The molecule has 0 saturated carbocycles. The predicted octanol–water partition coefficient (Wildman–Crippen LogP) is 1.76. The zero-order valence-corrected chi connectivity index (χ0v) is 12.9. The summed E-state index contributed by atoms with van der Waals surface area (Å²) in [4.78, 5) is 27.3. The number of carbonyl (C=O) groups excluding carboxylic acids is 2. The maximum absolute atomic E-state index is 12.2. The zero-order valence-electron chi connectivity index (χ0n) is 12.9. The number of hydrogen-bond acceptors (Lipinski definition) is 4. The number of carbonyl (C=O) groups is 2. The molecular formula is C16H22N2O4. The molecular weight excluding hydrogens is 284 g/mol. The summed E-state index contributed by atoms with van der Waals surface area (Å²) in [6, 6.07) is 9.26. The van der Waals surface area contributed by atoms with Gasteiger partial charge in [-0.15, -0.1) is 0 Å². The number of amides is 2. The van der Waals surface area contributed by atoms with Gasteiger partial charge in [0.25, 0.3) is 5.91 Å². The topological polar surface area (TPSA) is 59.1 Å². The second-order valence-electron chi connectivity index (χ2n) is 5.02. The van der Waals surface area contributed by atoms with E-state index in [4.69, 9.17) is 9.47 Å². The van der Waals surface area contributed by atoms with Crippen molar-refractivity contribution >= 4 is 12.0 Å². The van der Waals surface area contributed by atoms with Crippen LogP contribution in [0.5, 0.6) is 5.75 Å². The molecule has 1 aromatic carbocycles. The highest BCUT2D eigenvalue weighted by molar-refractivity contribution is 5.78. The number of para-hydroxylation sites is 1. The average molecular weight is 306 g/mol. The Morgan fingerprint density at radius 3 is 2.45 bits per heavy atom. The third-order valence-corrected chi connectivity index (χ3v) is 3.48. The molecule has 22 heavy (non-hydrogen) atoms. The van der Waals surface area contributed by atoms with Crippen LogP contribution in [-0.4, -0.2) is 61.2 Å². The van der Waals surface area contributed by atoms with E-state index in [-0.39, 0.29) is 18.6 Å². The second kappa shape index (κ2) is 8.26. The fourth-order valence-corrected chi connectivity index (χ4v) is 2.32. The van der Waals surface area contributed by atoms with Crippen LogP contribution in [-0.2, 0) is 9.53 Å². The monoisotopic (exact) mass is 306 g/mol. The van der Waals surface area contributed by atoms with Crippen LogP contribution in [0.3, 0.4) is 0 Å². The molecule has 0 unspecified atom stereocenters.